The molecule has 0 spiro atoms. The van der Waals surface area contributed by atoms with Crippen molar-refractivity contribution in [2.45, 2.75) is 39.0 Å². The summed E-state index contributed by atoms with van der Waals surface area (Å²) in [7, 11) is 0. The predicted octanol–water partition coefficient (Wildman–Crippen LogP) is 4.63. The smallest absolute Gasteiger partial charge is 0.289 e. The normalized spacial score (nSPS) is 10.3. The Bertz CT molecular complexity index is 397. The van der Waals surface area contributed by atoms with E-state index in [-0.39, 0.29) is 10.7 Å². The molecule has 4 nitrogen and oxygen atoms in total. The molecule has 0 aliphatic carbocycles. The van der Waals surface area contributed by atoms with Gasteiger partial charge in [-0.05, 0) is 18.6 Å². The summed E-state index contributed by atoms with van der Waals surface area (Å²) in [6, 6.07) is 4.80. The Morgan fingerprint density at radius 2 is 2.00 bits per heavy atom. The Morgan fingerprint density at radius 1 is 1.28 bits per heavy atom. The Morgan fingerprint density at radius 3 is 2.67 bits per heavy atom. The summed E-state index contributed by atoms with van der Waals surface area (Å²) < 4.78 is 0. The van der Waals surface area contributed by atoms with Crippen molar-refractivity contribution in [3.63, 3.8) is 0 Å². The third kappa shape index (κ3) is 4.92. The van der Waals surface area contributed by atoms with E-state index < -0.39 is 4.92 Å². The van der Waals surface area contributed by atoms with Gasteiger partial charge in [0.15, 0.2) is 0 Å². The molecular formula is C13H19ClN2O2. The molecule has 100 valence electrons. The van der Waals surface area contributed by atoms with E-state index in [0.29, 0.717) is 0 Å². The molecular weight excluding hydrogens is 252 g/mol. The number of nitro benzene ring substituents is 1. The molecule has 5 heteroatoms. The monoisotopic (exact) mass is 270 g/mol. The molecule has 0 aromatic heterocycles. The average molecular weight is 271 g/mol. The summed E-state index contributed by atoms with van der Waals surface area (Å²) in [5, 5.41) is 14.1. The molecule has 0 bridgehead atoms. The Balaban J connectivity index is 2.38. The van der Waals surface area contributed by atoms with Gasteiger partial charge in [0, 0.05) is 18.3 Å². The topological polar surface area (TPSA) is 55.2 Å². The van der Waals surface area contributed by atoms with Crippen LogP contribution in [0.2, 0.25) is 5.02 Å². The summed E-state index contributed by atoms with van der Waals surface area (Å²) in [6.45, 7) is 3.02. The van der Waals surface area contributed by atoms with Gasteiger partial charge in [0.2, 0.25) is 0 Å². The highest BCUT2D eigenvalue weighted by Gasteiger charge is 2.12. The van der Waals surface area contributed by atoms with E-state index in [4.69, 9.17) is 11.6 Å². The number of unbranched alkanes of at least 4 members (excludes halogenated alkanes) is 4. The van der Waals surface area contributed by atoms with Crippen LogP contribution in [-0.4, -0.2) is 11.5 Å². The summed E-state index contributed by atoms with van der Waals surface area (Å²) in [4.78, 5) is 10.3. The second-order valence-electron chi connectivity index (χ2n) is 4.26. The lowest BCUT2D eigenvalue weighted by Gasteiger charge is -2.06. The lowest BCUT2D eigenvalue weighted by molar-refractivity contribution is -0.384. The van der Waals surface area contributed by atoms with E-state index in [1.807, 2.05) is 0 Å². The van der Waals surface area contributed by atoms with Crippen LogP contribution in [0.3, 0.4) is 0 Å². The van der Waals surface area contributed by atoms with Gasteiger partial charge in [-0.15, -0.1) is 0 Å². The fourth-order valence-corrected chi connectivity index (χ4v) is 1.91. The summed E-state index contributed by atoms with van der Waals surface area (Å²) in [5.41, 5.74) is 0.703. The van der Waals surface area contributed by atoms with Crippen molar-refractivity contribution in [2.24, 2.45) is 0 Å². The number of anilines is 1. The fraction of sp³-hybridized carbons (Fsp3) is 0.538. The SMILES string of the molecule is CCCCCCCNc1ccc(Cl)c([N+](=O)[O-])c1. The fourth-order valence-electron chi connectivity index (χ4n) is 1.72. The Hall–Kier alpha value is -1.29. The number of hydrogen-bond acceptors (Lipinski definition) is 3. The van der Waals surface area contributed by atoms with E-state index in [2.05, 4.69) is 12.2 Å². The minimum absolute atomic E-state index is 0.0485. The maximum atomic E-state index is 10.7. The molecule has 0 radical (unpaired) electrons. The zero-order valence-electron chi connectivity index (χ0n) is 10.6. The van der Waals surface area contributed by atoms with Crippen LogP contribution in [-0.2, 0) is 0 Å². The first-order valence-corrected chi connectivity index (χ1v) is 6.70. The maximum Gasteiger partial charge on any atom is 0.289 e. The lowest BCUT2D eigenvalue weighted by Crippen LogP contribution is -2.02. The van der Waals surface area contributed by atoms with Gasteiger partial charge in [0.25, 0.3) is 5.69 Å². The van der Waals surface area contributed by atoms with E-state index >= 15 is 0 Å². The van der Waals surface area contributed by atoms with Gasteiger partial charge >= 0.3 is 0 Å². The molecule has 0 unspecified atom stereocenters. The highest BCUT2D eigenvalue weighted by Crippen LogP contribution is 2.27. The predicted molar refractivity (Wildman–Crippen MR) is 75.4 cm³/mol. The van der Waals surface area contributed by atoms with Gasteiger partial charge in [-0.3, -0.25) is 10.1 Å². The van der Waals surface area contributed by atoms with Gasteiger partial charge in [0.1, 0.15) is 5.02 Å². The molecule has 1 rings (SSSR count). The van der Waals surface area contributed by atoms with Crippen molar-refractivity contribution < 1.29 is 4.92 Å². The zero-order chi connectivity index (χ0) is 13.4. The second kappa shape index (κ2) is 7.93. The molecule has 1 N–H and O–H groups in total. The first-order chi connectivity index (χ1) is 8.65. The minimum atomic E-state index is -0.464. The number of nitrogens with one attached hydrogen (secondary N) is 1. The summed E-state index contributed by atoms with van der Waals surface area (Å²) >= 11 is 5.74. The molecule has 0 heterocycles. The van der Waals surface area contributed by atoms with Gasteiger partial charge < -0.3 is 5.32 Å². The third-order valence-electron chi connectivity index (χ3n) is 2.75. The minimum Gasteiger partial charge on any atom is -0.385 e. The van der Waals surface area contributed by atoms with Crippen LogP contribution < -0.4 is 5.32 Å². The standard InChI is InChI=1S/C13H19ClN2O2/c1-2-3-4-5-6-9-15-11-7-8-12(14)13(10-11)16(17)18/h7-8,10,15H,2-6,9H2,1H3. The van der Waals surface area contributed by atoms with Crippen molar-refractivity contribution >= 4 is 23.0 Å². The number of rotatable bonds is 8. The highest BCUT2D eigenvalue weighted by molar-refractivity contribution is 6.32. The van der Waals surface area contributed by atoms with Crippen molar-refractivity contribution in [1.29, 1.82) is 0 Å². The zero-order valence-corrected chi connectivity index (χ0v) is 11.4. The summed E-state index contributed by atoms with van der Waals surface area (Å²) in [5.74, 6) is 0. The number of benzene rings is 1. The van der Waals surface area contributed by atoms with Gasteiger partial charge in [-0.1, -0.05) is 44.2 Å². The average Bonchev–Trinajstić information content (AvgIpc) is 2.35. The van der Waals surface area contributed by atoms with E-state index in [1.165, 1.54) is 31.7 Å². The van der Waals surface area contributed by atoms with E-state index in [9.17, 15) is 10.1 Å². The van der Waals surface area contributed by atoms with Crippen LogP contribution >= 0.6 is 11.6 Å². The number of hydrogen-bond donors (Lipinski definition) is 1. The molecule has 0 atom stereocenters. The van der Waals surface area contributed by atoms with Crippen LogP contribution in [0.4, 0.5) is 11.4 Å². The Labute approximate surface area is 112 Å². The summed E-state index contributed by atoms with van der Waals surface area (Å²) in [6.07, 6.45) is 6.02. The molecule has 0 saturated heterocycles. The number of nitrogens with zero attached hydrogens (tertiary/aromatic N) is 1. The highest BCUT2D eigenvalue weighted by atomic mass is 35.5. The molecule has 0 fully saturated rings. The van der Waals surface area contributed by atoms with E-state index in [1.54, 1.807) is 12.1 Å². The molecule has 1 aromatic rings. The largest absolute Gasteiger partial charge is 0.385 e. The molecule has 0 amide bonds. The van der Waals surface area contributed by atoms with Crippen molar-refractivity contribution in [2.75, 3.05) is 11.9 Å². The van der Waals surface area contributed by atoms with Crippen LogP contribution in [0.5, 0.6) is 0 Å². The van der Waals surface area contributed by atoms with Crippen LogP contribution in [0, 0.1) is 10.1 Å². The molecule has 1 aromatic carbocycles. The second-order valence-corrected chi connectivity index (χ2v) is 4.67. The van der Waals surface area contributed by atoms with Gasteiger partial charge in [-0.2, -0.15) is 0 Å². The van der Waals surface area contributed by atoms with Crippen molar-refractivity contribution in [1.82, 2.24) is 0 Å². The number of halogens is 1. The number of nitro groups is 1. The maximum absolute atomic E-state index is 10.7. The van der Waals surface area contributed by atoms with Crippen LogP contribution in [0.15, 0.2) is 18.2 Å². The lowest BCUT2D eigenvalue weighted by atomic mass is 10.1. The third-order valence-corrected chi connectivity index (χ3v) is 3.07. The van der Waals surface area contributed by atoms with Gasteiger partial charge in [0.05, 0.1) is 4.92 Å². The quantitative estimate of drug-likeness (QED) is 0.426. The van der Waals surface area contributed by atoms with Crippen molar-refractivity contribution in [3.05, 3.63) is 33.3 Å². The first kappa shape index (κ1) is 14.8. The molecule has 0 aliphatic rings. The molecule has 0 saturated carbocycles. The molecule has 0 aliphatic heterocycles. The van der Waals surface area contributed by atoms with Crippen LogP contribution in [0.25, 0.3) is 0 Å². The Kier molecular flexibility index (Phi) is 6.50. The van der Waals surface area contributed by atoms with E-state index in [0.717, 1.165) is 18.7 Å². The first-order valence-electron chi connectivity index (χ1n) is 6.33. The van der Waals surface area contributed by atoms with Crippen molar-refractivity contribution in [3.8, 4) is 0 Å². The molecule has 18 heavy (non-hydrogen) atoms. The van der Waals surface area contributed by atoms with Crippen LogP contribution in [0.1, 0.15) is 39.0 Å². The van der Waals surface area contributed by atoms with Gasteiger partial charge in [-0.25, -0.2) is 0 Å².